The summed E-state index contributed by atoms with van der Waals surface area (Å²) < 4.78 is 0. The molecule has 1 amide bonds. The summed E-state index contributed by atoms with van der Waals surface area (Å²) in [6.07, 6.45) is 0. The Labute approximate surface area is 50.5 Å². The summed E-state index contributed by atoms with van der Waals surface area (Å²) in [6.45, 7) is 1.64. The second kappa shape index (κ2) is 2.80. The molecule has 7 heavy (non-hydrogen) atoms. The summed E-state index contributed by atoms with van der Waals surface area (Å²) in [5, 5.41) is 0. The number of halogens is 1. The predicted octanol–water partition coefficient (Wildman–Crippen LogP) is 0.770. The highest BCUT2D eigenvalue weighted by Gasteiger charge is 1.91. The van der Waals surface area contributed by atoms with E-state index in [1.54, 1.807) is 6.92 Å². The average molecular weight is 164 g/mol. The van der Waals surface area contributed by atoms with Crippen molar-refractivity contribution in [3.63, 3.8) is 0 Å². The van der Waals surface area contributed by atoms with Crippen LogP contribution in [0.5, 0.6) is 0 Å². The fourth-order valence-electron chi connectivity index (χ4n) is 0.0538. The Balaban J connectivity index is 3.82. The van der Waals surface area contributed by atoms with Gasteiger partial charge in [-0.3, -0.25) is 4.79 Å². The van der Waals surface area contributed by atoms with Gasteiger partial charge in [-0.1, -0.05) is 15.9 Å². The van der Waals surface area contributed by atoms with E-state index in [2.05, 4.69) is 15.9 Å². The molecule has 0 fully saturated rings. The zero-order valence-corrected chi connectivity index (χ0v) is 5.53. The molecule has 0 rings (SSSR count). The van der Waals surface area contributed by atoms with Gasteiger partial charge in [0.25, 0.3) is 0 Å². The molecule has 0 radical (unpaired) electrons. The minimum absolute atomic E-state index is 0.392. The smallest absolute Gasteiger partial charge is 0.244 e. The Morgan fingerprint density at radius 3 is 2.29 bits per heavy atom. The summed E-state index contributed by atoms with van der Waals surface area (Å²) >= 11 is 2.95. The van der Waals surface area contributed by atoms with Crippen LogP contribution in [0.25, 0.3) is 0 Å². The van der Waals surface area contributed by atoms with Crippen molar-refractivity contribution >= 4 is 21.8 Å². The number of rotatable bonds is 1. The molecule has 2 nitrogen and oxygen atoms in total. The minimum Gasteiger partial charge on any atom is -0.366 e. The van der Waals surface area contributed by atoms with Crippen LogP contribution in [0.4, 0.5) is 0 Å². The Bertz CT molecular complexity index is 108. The molecular formula is C4H6BrNO. The third kappa shape index (κ3) is 2.39. The lowest BCUT2D eigenvalue weighted by Gasteiger charge is -1.84. The van der Waals surface area contributed by atoms with E-state index < -0.39 is 5.91 Å². The fraction of sp³-hybridized carbons (Fsp3) is 0.250. The van der Waals surface area contributed by atoms with Gasteiger partial charge in [0.05, 0.1) is 0 Å². The maximum Gasteiger partial charge on any atom is 0.244 e. The normalized spacial score (nSPS) is 11.4. The topological polar surface area (TPSA) is 43.1 Å². The first-order chi connectivity index (χ1) is 3.18. The van der Waals surface area contributed by atoms with Crippen LogP contribution < -0.4 is 5.73 Å². The molecule has 2 N–H and O–H groups in total. The van der Waals surface area contributed by atoms with Crippen molar-refractivity contribution < 1.29 is 4.79 Å². The van der Waals surface area contributed by atoms with Gasteiger partial charge in [0.15, 0.2) is 0 Å². The molecule has 0 aliphatic heterocycles. The van der Waals surface area contributed by atoms with Crippen LogP contribution in [0.1, 0.15) is 6.92 Å². The number of primary amides is 1. The third-order valence-electron chi connectivity index (χ3n) is 0.552. The molecule has 40 valence electrons. The van der Waals surface area contributed by atoms with E-state index in [0.717, 1.165) is 0 Å². The Morgan fingerprint density at radius 1 is 1.86 bits per heavy atom. The minimum atomic E-state index is -0.392. The highest BCUT2D eigenvalue weighted by Crippen LogP contribution is 1.93. The Kier molecular flexibility index (Phi) is 2.67. The van der Waals surface area contributed by atoms with Crippen molar-refractivity contribution in [1.29, 1.82) is 0 Å². The van der Waals surface area contributed by atoms with Crippen molar-refractivity contribution in [2.24, 2.45) is 5.73 Å². The molecule has 0 aromatic heterocycles. The molecule has 3 heteroatoms. The van der Waals surface area contributed by atoms with E-state index in [-0.39, 0.29) is 0 Å². The van der Waals surface area contributed by atoms with Gasteiger partial charge in [-0.15, -0.1) is 0 Å². The fourth-order valence-corrected chi connectivity index (χ4v) is 0.279. The zero-order chi connectivity index (χ0) is 5.86. The number of amides is 1. The van der Waals surface area contributed by atoms with E-state index in [1.807, 2.05) is 0 Å². The van der Waals surface area contributed by atoms with Crippen LogP contribution in [0.15, 0.2) is 10.6 Å². The Morgan fingerprint density at radius 2 is 2.29 bits per heavy atom. The molecule has 0 aliphatic carbocycles. The lowest BCUT2D eigenvalue weighted by atomic mass is 10.3. The van der Waals surface area contributed by atoms with Gasteiger partial charge in [-0.2, -0.15) is 0 Å². The quantitative estimate of drug-likeness (QED) is 0.571. The standard InChI is InChI=1S/C4H6BrNO/c1-3(2-5)4(6)7/h2H,1H3,(H2,6,7). The maximum absolute atomic E-state index is 10.1. The van der Waals surface area contributed by atoms with Crippen molar-refractivity contribution in [3.8, 4) is 0 Å². The van der Waals surface area contributed by atoms with Crippen molar-refractivity contribution in [2.75, 3.05) is 0 Å². The van der Waals surface area contributed by atoms with E-state index >= 15 is 0 Å². The van der Waals surface area contributed by atoms with Gasteiger partial charge in [0.1, 0.15) is 0 Å². The lowest BCUT2D eigenvalue weighted by molar-refractivity contribution is -0.114. The summed E-state index contributed by atoms with van der Waals surface area (Å²) in [5.74, 6) is -0.392. The summed E-state index contributed by atoms with van der Waals surface area (Å²) in [5.41, 5.74) is 5.34. The van der Waals surface area contributed by atoms with Crippen LogP contribution in [0, 0.1) is 0 Å². The summed E-state index contributed by atoms with van der Waals surface area (Å²) in [6, 6.07) is 0. The van der Waals surface area contributed by atoms with Crippen LogP contribution in [0.3, 0.4) is 0 Å². The number of nitrogens with two attached hydrogens (primary N) is 1. The molecule has 0 aliphatic rings. The zero-order valence-electron chi connectivity index (χ0n) is 3.94. The molecule has 0 spiro atoms. The summed E-state index contributed by atoms with van der Waals surface area (Å²) in [7, 11) is 0. The molecular weight excluding hydrogens is 158 g/mol. The molecule has 0 atom stereocenters. The van der Waals surface area contributed by atoms with Crippen molar-refractivity contribution in [1.82, 2.24) is 0 Å². The monoisotopic (exact) mass is 163 g/mol. The molecule has 0 saturated carbocycles. The van der Waals surface area contributed by atoms with E-state index in [0.29, 0.717) is 5.57 Å². The van der Waals surface area contributed by atoms with Crippen LogP contribution in [-0.4, -0.2) is 5.91 Å². The van der Waals surface area contributed by atoms with Gasteiger partial charge in [-0.25, -0.2) is 0 Å². The van der Waals surface area contributed by atoms with E-state index in [1.165, 1.54) is 4.99 Å². The molecule has 0 aromatic carbocycles. The van der Waals surface area contributed by atoms with Gasteiger partial charge >= 0.3 is 0 Å². The number of hydrogen-bond donors (Lipinski definition) is 1. The second-order valence-corrected chi connectivity index (χ2v) is 1.61. The van der Waals surface area contributed by atoms with Crippen LogP contribution in [0.2, 0.25) is 0 Å². The lowest BCUT2D eigenvalue weighted by Crippen LogP contribution is -2.10. The predicted molar refractivity (Wildman–Crippen MR) is 31.9 cm³/mol. The van der Waals surface area contributed by atoms with Gasteiger partial charge in [0.2, 0.25) is 5.91 Å². The molecule has 0 aromatic rings. The highest BCUT2D eigenvalue weighted by molar-refractivity contribution is 9.11. The third-order valence-corrected chi connectivity index (χ3v) is 1.24. The SMILES string of the molecule is CC(=CBr)C(N)=O. The van der Waals surface area contributed by atoms with Crippen LogP contribution in [-0.2, 0) is 4.79 Å². The number of carbonyl (C=O) groups is 1. The average Bonchev–Trinajstić information content (AvgIpc) is 1.65. The van der Waals surface area contributed by atoms with Crippen LogP contribution >= 0.6 is 15.9 Å². The first-order valence-corrected chi connectivity index (χ1v) is 2.67. The Hall–Kier alpha value is -0.310. The summed E-state index contributed by atoms with van der Waals surface area (Å²) in [4.78, 5) is 11.5. The first-order valence-electron chi connectivity index (χ1n) is 1.75. The largest absolute Gasteiger partial charge is 0.366 e. The number of carbonyl (C=O) groups excluding carboxylic acids is 1. The molecule has 0 bridgehead atoms. The van der Waals surface area contributed by atoms with Gasteiger partial charge in [0, 0.05) is 5.57 Å². The second-order valence-electron chi connectivity index (χ2n) is 1.16. The maximum atomic E-state index is 10.1. The van der Waals surface area contributed by atoms with E-state index in [9.17, 15) is 4.79 Å². The molecule has 0 heterocycles. The molecule has 0 unspecified atom stereocenters. The van der Waals surface area contributed by atoms with Crippen molar-refractivity contribution in [3.05, 3.63) is 10.6 Å². The van der Waals surface area contributed by atoms with Gasteiger partial charge < -0.3 is 5.73 Å². The first kappa shape index (κ1) is 6.69. The van der Waals surface area contributed by atoms with Crippen molar-refractivity contribution in [2.45, 2.75) is 6.92 Å². The van der Waals surface area contributed by atoms with E-state index in [4.69, 9.17) is 5.73 Å². The molecule has 0 saturated heterocycles. The highest BCUT2D eigenvalue weighted by atomic mass is 79.9. The number of hydrogen-bond acceptors (Lipinski definition) is 1. The van der Waals surface area contributed by atoms with Gasteiger partial charge in [-0.05, 0) is 11.9 Å².